The molecule has 1 aromatic rings. The van der Waals surface area contributed by atoms with Crippen molar-refractivity contribution in [3.63, 3.8) is 0 Å². The number of amides is 1. The van der Waals surface area contributed by atoms with E-state index in [2.05, 4.69) is 11.0 Å². The molecular weight excluding hydrogens is 457 g/mol. The van der Waals surface area contributed by atoms with E-state index in [9.17, 15) is 23.9 Å². The Balaban J connectivity index is 1.45. The summed E-state index contributed by atoms with van der Waals surface area (Å²) in [7, 11) is 0. The molecule has 7 nitrogen and oxygen atoms in total. The second-order valence-corrected chi connectivity index (χ2v) is 10.1. The van der Waals surface area contributed by atoms with Gasteiger partial charge < -0.3 is 10.0 Å². The highest BCUT2D eigenvalue weighted by molar-refractivity contribution is 7.81. The Morgan fingerprint density at radius 3 is 2.56 bits per heavy atom. The van der Waals surface area contributed by atoms with Crippen molar-refractivity contribution in [1.82, 2.24) is 14.7 Å². The summed E-state index contributed by atoms with van der Waals surface area (Å²) in [6, 6.07) is 5.10. The predicted octanol–water partition coefficient (Wildman–Crippen LogP) is 2.39. The number of carboxylic acid groups (broad SMARTS) is 1. The number of carbonyl (C=O) groups excluding carboxylic acids is 2. The molecule has 0 bridgehead atoms. The molecule has 3 atom stereocenters. The minimum Gasteiger partial charge on any atom is -0.480 e. The number of hydrogen-bond donors (Lipinski definition) is 2. The summed E-state index contributed by atoms with van der Waals surface area (Å²) in [5.74, 6) is -1.44. The molecular formula is C25H32FN3O4S. The molecule has 0 spiro atoms. The van der Waals surface area contributed by atoms with Crippen molar-refractivity contribution >= 4 is 30.3 Å². The van der Waals surface area contributed by atoms with Gasteiger partial charge in [0, 0.05) is 49.5 Å². The Kier molecular flexibility index (Phi) is 7.74. The molecule has 1 N–H and O–H groups in total. The number of aliphatic carboxylic acids is 1. The van der Waals surface area contributed by atoms with Crippen molar-refractivity contribution in [3.8, 4) is 0 Å². The van der Waals surface area contributed by atoms with Crippen molar-refractivity contribution in [2.24, 2.45) is 5.92 Å². The summed E-state index contributed by atoms with van der Waals surface area (Å²) in [6.45, 7) is 4.38. The molecule has 3 unspecified atom stereocenters. The molecule has 1 amide bonds. The van der Waals surface area contributed by atoms with Crippen LogP contribution in [0.1, 0.15) is 37.8 Å². The van der Waals surface area contributed by atoms with Crippen LogP contribution in [0.2, 0.25) is 0 Å². The Morgan fingerprint density at radius 2 is 1.91 bits per heavy atom. The van der Waals surface area contributed by atoms with E-state index in [1.165, 1.54) is 17.9 Å². The molecule has 34 heavy (non-hydrogen) atoms. The van der Waals surface area contributed by atoms with E-state index < -0.39 is 18.1 Å². The normalized spacial score (nSPS) is 25.4. The first-order valence-corrected chi connectivity index (χ1v) is 12.4. The zero-order valence-electron chi connectivity index (χ0n) is 19.4. The van der Waals surface area contributed by atoms with Gasteiger partial charge in [0.05, 0.1) is 12.6 Å². The number of rotatable bonds is 8. The lowest BCUT2D eigenvalue weighted by Gasteiger charge is -2.38. The Bertz CT molecular complexity index is 983. The molecule has 2 saturated heterocycles. The molecule has 3 fully saturated rings. The highest BCUT2D eigenvalue weighted by Crippen LogP contribution is 2.39. The lowest BCUT2D eigenvalue weighted by atomic mass is 9.93. The molecule has 0 radical (unpaired) electrons. The average Bonchev–Trinajstić information content (AvgIpc) is 3.65. The van der Waals surface area contributed by atoms with Crippen molar-refractivity contribution in [1.29, 1.82) is 0 Å². The van der Waals surface area contributed by atoms with Gasteiger partial charge in [-0.1, -0.05) is 24.3 Å². The number of carboxylic acids is 1. The number of carbonyl (C=O) groups is 3. The van der Waals surface area contributed by atoms with Crippen LogP contribution in [0.5, 0.6) is 0 Å². The van der Waals surface area contributed by atoms with E-state index in [0.29, 0.717) is 38.3 Å². The van der Waals surface area contributed by atoms with Gasteiger partial charge in [0.25, 0.3) is 0 Å². The summed E-state index contributed by atoms with van der Waals surface area (Å²) in [6.07, 6.45) is 4.56. The number of ketones is 1. The fourth-order valence-electron chi connectivity index (χ4n) is 4.81. The lowest BCUT2D eigenvalue weighted by molar-refractivity contribution is -0.152. The number of nitrogens with zero attached hydrogens (tertiary/aromatic N) is 3. The number of piperidine rings is 1. The molecule has 4 rings (SSSR count). The van der Waals surface area contributed by atoms with Crippen molar-refractivity contribution < 1.29 is 23.9 Å². The van der Waals surface area contributed by atoms with Crippen molar-refractivity contribution in [2.45, 2.75) is 43.5 Å². The van der Waals surface area contributed by atoms with E-state index in [-0.39, 0.29) is 35.2 Å². The van der Waals surface area contributed by atoms with E-state index in [4.69, 9.17) is 12.6 Å². The molecule has 184 valence electrons. The second-order valence-electron chi connectivity index (χ2n) is 9.49. The highest BCUT2D eigenvalue weighted by atomic mass is 32.1. The standard InChI is InChI=1S/C25H32FN3O4S/c1-16(25(32)33)29-13-12-27(15-22(29)30)10-8-18-14-28(11-9-21(18)34)23(24(31)17-6-7-17)19-4-2-3-5-20(19)26/h2-5,8,16-17,21,23,34H,6-7,9-15H2,1H3,(H,32,33)/b18-8+. The monoisotopic (exact) mass is 489 g/mol. The maximum atomic E-state index is 14.7. The molecule has 2 aliphatic heterocycles. The van der Waals surface area contributed by atoms with Crippen LogP contribution in [0.4, 0.5) is 4.39 Å². The van der Waals surface area contributed by atoms with Crippen LogP contribution in [-0.4, -0.2) is 88.0 Å². The highest BCUT2D eigenvalue weighted by Gasteiger charge is 2.41. The number of halogens is 1. The van der Waals surface area contributed by atoms with E-state index >= 15 is 0 Å². The first kappa shape index (κ1) is 24.9. The van der Waals surface area contributed by atoms with Crippen molar-refractivity contribution in [2.75, 3.05) is 39.3 Å². The van der Waals surface area contributed by atoms with E-state index in [0.717, 1.165) is 24.8 Å². The van der Waals surface area contributed by atoms with Gasteiger partial charge in [-0.25, -0.2) is 9.18 Å². The van der Waals surface area contributed by atoms with Gasteiger partial charge >= 0.3 is 5.97 Å². The maximum Gasteiger partial charge on any atom is 0.326 e. The number of benzene rings is 1. The fraction of sp³-hybridized carbons (Fsp3) is 0.560. The molecule has 0 aromatic heterocycles. The number of Topliss-reactive ketones (excluding diaryl/α,β-unsaturated/α-hetero) is 1. The smallest absolute Gasteiger partial charge is 0.326 e. The molecule has 9 heteroatoms. The number of piperazine rings is 1. The number of likely N-dealkylation sites (tertiary alicyclic amines) is 1. The van der Waals surface area contributed by atoms with Gasteiger partial charge in [-0.05, 0) is 37.8 Å². The zero-order valence-corrected chi connectivity index (χ0v) is 20.3. The van der Waals surface area contributed by atoms with Crippen LogP contribution in [0.25, 0.3) is 0 Å². The topological polar surface area (TPSA) is 81.2 Å². The molecule has 1 aliphatic carbocycles. The van der Waals surface area contributed by atoms with E-state index in [1.54, 1.807) is 18.2 Å². The van der Waals surface area contributed by atoms with Crippen LogP contribution >= 0.6 is 12.6 Å². The quantitative estimate of drug-likeness (QED) is 0.431. The summed E-state index contributed by atoms with van der Waals surface area (Å²) in [5.41, 5.74) is 1.50. The van der Waals surface area contributed by atoms with E-state index in [1.807, 2.05) is 4.90 Å². The third kappa shape index (κ3) is 5.53. The Morgan fingerprint density at radius 1 is 1.18 bits per heavy atom. The Hall–Kier alpha value is -2.23. The van der Waals surface area contributed by atoms with Gasteiger partial charge in [-0.2, -0.15) is 12.6 Å². The largest absolute Gasteiger partial charge is 0.480 e. The van der Waals surface area contributed by atoms with Crippen LogP contribution in [0.3, 0.4) is 0 Å². The number of hydrogen-bond acceptors (Lipinski definition) is 6. The van der Waals surface area contributed by atoms with Crippen LogP contribution < -0.4 is 0 Å². The Labute approximate surface area is 205 Å². The lowest BCUT2D eigenvalue weighted by Crippen LogP contribution is -2.55. The average molecular weight is 490 g/mol. The van der Waals surface area contributed by atoms with Crippen LogP contribution in [0.15, 0.2) is 35.9 Å². The van der Waals surface area contributed by atoms with Crippen LogP contribution in [-0.2, 0) is 14.4 Å². The summed E-state index contributed by atoms with van der Waals surface area (Å²) in [5, 5.41) is 9.23. The summed E-state index contributed by atoms with van der Waals surface area (Å²) >= 11 is 4.74. The van der Waals surface area contributed by atoms with Crippen molar-refractivity contribution in [3.05, 3.63) is 47.3 Å². The number of thiol groups is 1. The molecule has 1 saturated carbocycles. The van der Waals surface area contributed by atoms with Gasteiger partial charge in [0.2, 0.25) is 5.91 Å². The SMILES string of the molecule is CC(C(=O)O)N1CCN(C/C=C2\CN(C(C(=O)C3CC3)c3ccccc3F)CCC2S)CC1=O. The third-order valence-corrected chi connectivity index (χ3v) is 7.68. The molecule has 2 heterocycles. The maximum absolute atomic E-state index is 14.7. The van der Waals surface area contributed by atoms with Gasteiger partial charge in [-0.15, -0.1) is 0 Å². The van der Waals surface area contributed by atoms with Gasteiger partial charge in [0.15, 0.2) is 5.78 Å². The fourth-order valence-corrected chi connectivity index (χ4v) is 5.11. The van der Waals surface area contributed by atoms with Gasteiger partial charge in [0.1, 0.15) is 11.9 Å². The zero-order chi connectivity index (χ0) is 24.4. The molecule has 1 aromatic carbocycles. The minimum atomic E-state index is -1.01. The first-order valence-electron chi connectivity index (χ1n) is 11.9. The first-order chi connectivity index (χ1) is 16.3. The predicted molar refractivity (Wildman–Crippen MR) is 129 cm³/mol. The molecule has 3 aliphatic rings. The third-order valence-electron chi connectivity index (χ3n) is 7.09. The van der Waals surface area contributed by atoms with Crippen LogP contribution in [0, 0.1) is 11.7 Å². The van der Waals surface area contributed by atoms with Gasteiger partial charge in [-0.3, -0.25) is 19.4 Å². The summed E-state index contributed by atoms with van der Waals surface area (Å²) < 4.78 is 14.7. The minimum absolute atomic E-state index is 0.0151. The second kappa shape index (κ2) is 10.6. The summed E-state index contributed by atoms with van der Waals surface area (Å²) in [4.78, 5) is 42.3.